The van der Waals surface area contributed by atoms with Crippen LogP contribution >= 0.6 is 23.2 Å². The van der Waals surface area contributed by atoms with E-state index < -0.39 is 34.7 Å². The van der Waals surface area contributed by atoms with Crippen molar-refractivity contribution >= 4 is 23.2 Å². The van der Waals surface area contributed by atoms with Crippen LogP contribution in [0, 0.1) is 11.3 Å². The smallest absolute Gasteiger partial charge is 0.382 e. The van der Waals surface area contributed by atoms with Crippen molar-refractivity contribution in [2.45, 2.75) is 19.3 Å². The highest BCUT2D eigenvalue weighted by atomic mass is 35.5. The molecule has 0 atom stereocenters. The molecule has 0 spiro atoms. The van der Waals surface area contributed by atoms with E-state index in [1.807, 2.05) is 6.07 Å². The molecule has 0 aliphatic heterocycles. The van der Waals surface area contributed by atoms with Gasteiger partial charge in [0.15, 0.2) is 0 Å². The molecule has 0 amide bonds. The lowest BCUT2D eigenvalue weighted by molar-refractivity contribution is -0.137. The number of nitriles is 1. The number of aromatic nitrogens is 3. The van der Waals surface area contributed by atoms with Crippen LogP contribution in [0.15, 0.2) is 46.1 Å². The summed E-state index contributed by atoms with van der Waals surface area (Å²) in [5, 5.41) is 12.1. The molecular formula is C22H17Cl2F3N4O4. The molecule has 1 heterocycles. The predicted octanol–water partition coefficient (Wildman–Crippen LogP) is 4.07. The number of rotatable bonds is 8. The Balaban J connectivity index is 2.23. The minimum absolute atomic E-state index is 0.0418. The number of benzene rings is 2. The third-order valence-electron chi connectivity index (χ3n) is 4.88. The van der Waals surface area contributed by atoms with E-state index in [4.69, 9.17) is 37.9 Å². The summed E-state index contributed by atoms with van der Waals surface area (Å²) in [6.07, 6.45) is -4.36. The minimum Gasteiger partial charge on any atom is -0.382 e. The van der Waals surface area contributed by atoms with Crippen LogP contribution in [0.2, 0.25) is 10.0 Å². The van der Waals surface area contributed by atoms with Gasteiger partial charge in [0.25, 0.3) is 5.56 Å². The normalized spacial score (nSPS) is 11.5. The molecule has 8 nitrogen and oxygen atoms in total. The summed E-state index contributed by atoms with van der Waals surface area (Å²) in [4.78, 5) is 25.1. The quantitative estimate of drug-likeness (QED) is 0.408. The van der Waals surface area contributed by atoms with Crippen LogP contribution in [0.4, 0.5) is 13.2 Å². The molecule has 0 bridgehead atoms. The summed E-state index contributed by atoms with van der Waals surface area (Å²) in [7, 11) is 1.45. The molecule has 0 saturated heterocycles. The second-order valence-electron chi connectivity index (χ2n) is 7.06. The van der Waals surface area contributed by atoms with Gasteiger partial charge in [-0.15, -0.1) is 0 Å². The Kier molecular flexibility index (Phi) is 8.34. The van der Waals surface area contributed by atoms with Crippen LogP contribution in [0.25, 0.3) is 16.8 Å². The molecule has 0 saturated carbocycles. The lowest BCUT2D eigenvalue weighted by atomic mass is 9.92. The lowest BCUT2D eigenvalue weighted by Crippen LogP contribution is -2.41. The van der Waals surface area contributed by atoms with Crippen LogP contribution < -0.4 is 11.2 Å². The van der Waals surface area contributed by atoms with Gasteiger partial charge in [0, 0.05) is 18.2 Å². The van der Waals surface area contributed by atoms with Gasteiger partial charge in [0.05, 0.1) is 47.0 Å². The predicted molar refractivity (Wildman–Crippen MR) is 122 cm³/mol. The third kappa shape index (κ3) is 5.57. The molecular weight excluding hydrogens is 512 g/mol. The van der Waals surface area contributed by atoms with Gasteiger partial charge in [0.1, 0.15) is 12.9 Å². The first-order chi connectivity index (χ1) is 16.6. The van der Waals surface area contributed by atoms with E-state index in [2.05, 4.69) is 5.10 Å². The molecule has 0 fully saturated rings. The molecule has 0 aliphatic carbocycles. The topological polar surface area (TPSA) is 99.1 Å². The molecule has 0 N–H and O–H groups in total. The van der Waals surface area contributed by atoms with Crippen molar-refractivity contribution in [3.8, 4) is 22.9 Å². The van der Waals surface area contributed by atoms with E-state index in [1.165, 1.54) is 31.4 Å². The van der Waals surface area contributed by atoms with Gasteiger partial charge in [-0.25, -0.2) is 9.36 Å². The Morgan fingerprint density at radius 1 is 1.14 bits per heavy atom. The average Bonchev–Trinajstić information content (AvgIpc) is 2.79. The van der Waals surface area contributed by atoms with Crippen molar-refractivity contribution in [3.05, 3.63) is 78.5 Å². The number of hydrogen-bond acceptors (Lipinski definition) is 6. The standard InChI is InChI=1S/C22H17Cl2F3N4O4/c1-34-9-10-35-12-30-17(32)11-29-31(21(30)33)16-4-2-3-14(20(16)24)18-13(7-8-28)5-6-15(23)19(18)22(25,26)27/h2-6,11H,7,9-10,12H2,1H3. The first kappa shape index (κ1) is 26.4. The highest BCUT2D eigenvalue weighted by Crippen LogP contribution is 2.46. The fourth-order valence-electron chi connectivity index (χ4n) is 3.33. The van der Waals surface area contributed by atoms with Crippen LogP contribution in [0.1, 0.15) is 11.1 Å². The van der Waals surface area contributed by atoms with Crippen LogP contribution in [0.3, 0.4) is 0 Å². The van der Waals surface area contributed by atoms with Crippen molar-refractivity contribution in [1.82, 2.24) is 14.3 Å². The maximum absolute atomic E-state index is 14.0. The van der Waals surface area contributed by atoms with Gasteiger partial charge in [-0.2, -0.15) is 28.2 Å². The Morgan fingerprint density at radius 3 is 2.54 bits per heavy atom. The molecule has 2 aromatic carbocycles. The fourth-order valence-corrected chi connectivity index (χ4v) is 3.90. The molecule has 1 aromatic heterocycles. The summed E-state index contributed by atoms with van der Waals surface area (Å²) in [5.41, 5.74) is -3.39. The van der Waals surface area contributed by atoms with Crippen molar-refractivity contribution in [3.63, 3.8) is 0 Å². The van der Waals surface area contributed by atoms with Crippen molar-refractivity contribution < 1.29 is 22.6 Å². The number of halogens is 5. The summed E-state index contributed by atoms with van der Waals surface area (Å²) >= 11 is 12.4. The highest BCUT2D eigenvalue weighted by Gasteiger charge is 2.38. The number of ether oxygens (including phenoxy) is 2. The first-order valence-electron chi connectivity index (χ1n) is 9.92. The van der Waals surface area contributed by atoms with Gasteiger partial charge in [-0.05, 0) is 17.7 Å². The Bertz CT molecular complexity index is 1400. The van der Waals surface area contributed by atoms with E-state index in [1.54, 1.807) is 0 Å². The summed E-state index contributed by atoms with van der Waals surface area (Å²) in [6.45, 7) is -0.0641. The number of methoxy groups -OCH3 is 1. The van der Waals surface area contributed by atoms with Crippen LogP contribution in [-0.4, -0.2) is 34.7 Å². The highest BCUT2D eigenvalue weighted by molar-refractivity contribution is 6.36. The summed E-state index contributed by atoms with van der Waals surface area (Å²) < 4.78 is 53.5. The monoisotopic (exact) mass is 528 g/mol. The first-order valence-corrected chi connectivity index (χ1v) is 10.7. The second kappa shape index (κ2) is 11.0. The van der Waals surface area contributed by atoms with E-state index in [-0.39, 0.29) is 47.0 Å². The molecule has 3 rings (SSSR count). The van der Waals surface area contributed by atoms with Crippen molar-refractivity contribution in [2.24, 2.45) is 0 Å². The number of alkyl halides is 3. The maximum atomic E-state index is 14.0. The van der Waals surface area contributed by atoms with Gasteiger partial charge in [0.2, 0.25) is 0 Å². The number of nitrogens with zero attached hydrogens (tertiary/aromatic N) is 4. The second-order valence-corrected chi connectivity index (χ2v) is 7.85. The Hall–Kier alpha value is -3.17. The molecule has 0 unspecified atom stereocenters. The van der Waals surface area contributed by atoms with Crippen molar-refractivity contribution in [2.75, 3.05) is 20.3 Å². The van der Waals surface area contributed by atoms with Gasteiger partial charge in [-0.3, -0.25) is 4.79 Å². The largest absolute Gasteiger partial charge is 0.418 e. The summed E-state index contributed by atoms with van der Waals surface area (Å²) in [5.74, 6) is 0. The van der Waals surface area contributed by atoms with Crippen LogP contribution in [0.5, 0.6) is 0 Å². The van der Waals surface area contributed by atoms with Gasteiger partial charge >= 0.3 is 11.9 Å². The lowest BCUT2D eigenvalue weighted by Gasteiger charge is -2.20. The Labute approximate surface area is 206 Å². The maximum Gasteiger partial charge on any atom is 0.418 e. The summed E-state index contributed by atoms with van der Waals surface area (Å²) in [6, 6.07) is 8.22. The SMILES string of the molecule is COCCOCn1c(=O)cnn(-c2cccc(-c3c(CC#N)ccc(Cl)c3C(F)(F)F)c2Cl)c1=O. The zero-order valence-electron chi connectivity index (χ0n) is 18.1. The average molecular weight is 529 g/mol. The Morgan fingerprint density at radius 2 is 1.89 bits per heavy atom. The zero-order chi connectivity index (χ0) is 25.8. The molecule has 35 heavy (non-hydrogen) atoms. The van der Waals surface area contributed by atoms with E-state index >= 15 is 0 Å². The molecule has 184 valence electrons. The number of hydrogen-bond donors (Lipinski definition) is 0. The molecule has 13 heteroatoms. The van der Waals surface area contributed by atoms with E-state index in [0.29, 0.717) is 0 Å². The third-order valence-corrected chi connectivity index (χ3v) is 5.60. The molecule has 3 aromatic rings. The van der Waals surface area contributed by atoms with Gasteiger partial charge < -0.3 is 9.47 Å². The van der Waals surface area contributed by atoms with E-state index in [9.17, 15) is 22.8 Å². The van der Waals surface area contributed by atoms with Gasteiger partial charge in [-0.1, -0.05) is 41.4 Å². The van der Waals surface area contributed by atoms with Crippen molar-refractivity contribution in [1.29, 1.82) is 5.26 Å². The van der Waals surface area contributed by atoms with E-state index in [0.717, 1.165) is 21.5 Å². The molecule has 0 aliphatic rings. The minimum atomic E-state index is -4.86. The zero-order valence-corrected chi connectivity index (χ0v) is 19.6. The molecule has 0 radical (unpaired) electrons. The van der Waals surface area contributed by atoms with Crippen LogP contribution in [-0.2, 0) is 28.8 Å². The fraction of sp³-hybridized carbons (Fsp3) is 0.273.